The van der Waals surface area contributed by atoms with Crippen molar-refractivity contribution >= 4 is 5.91 Å². The normalized spacial score (nSPS) is 19.3. The van der Waals surface area contributed by atoms with Crippen molar-refractivity contribution in [3.63, 3.8) is 0 Å². The van der Waals surface area contributed by atoms with E-state index >= 15 is 0 Å². The first-order valence-electron chi connectivity index (χ1n) is 11.9. The van der Waals surface area contributed by atoms with Crippen LogP contribution in [0.1, 0.15) is 28.2 Å². The van der Waals surface area contributed by atoms with Crippen LogP contribution in [0.25, 0.3) is 11.4 Å². The average Bonchev–Trinajstić information content (AvgIpc) is 3.38. The Hall–Kier alpha value is -2.59. The maximum absolute atomic E-state index is 13.4. The predicted molar refractivity (Wildman–Crippen MR) is 127 cm³/mol. The highest BCUT2D eigenvalue weighted by molar-refractivity contribution is 5.94. The number of aliphatic hydroxyl groups excluding tert-OH is 1. The van der Waals surface area contributed by atoms with Gasteiger partial charge in [0.2, 0.25) is 0 Å². The Kier molecular flexibility index (Phi) is 8.44. The number of aliphatic hydroxyl groups is 1. The molecule has 0 radical (unpaired) electrons. The van der Waals surface area contributed by atoms with Crippen molar-refractivity contribution in [2.75, 3.05) is 59.7 Å². The van der Waals surface area contributed by atoms with Crippen LogP contribution in [0.5, 0.6) is 5.75 Å². The van der Waals surface area contributed by atoms with Crippen molar-refractivity contribution in [3.05, 3.63) is 41.2 Å². The van der Waals surface area contributed by atoms with Gasteiger partial charge in [-0.25, -0.2) is 9.97 Å². The second-order valence-corrected chi connectivity index (χ2v) is 8.86. The Morgan fingerprint density at radius 3 is 2.82 bits per heavy atom. The predicted octanol–water partition coefficient (Wildman–Crippen LogP) is 1.46. The Morgan fingerprint density at radius 1 is 1.26 bits per heavy atom. The van der Waals surface area contributed by atoms with Crippen LogP contribution in [0, 0.1) is 12.8 Å². The van der Waals surface area contributed by atoms with Crippen molar-refractivity contribution in [2.24, 2.45) is 5.92 Å². The molecule has 2 unspecified atom stereocenters. The van der Waals surface area contributed by atoms with Crippen molar-refractivity contribution in [1.29, 1.82) is 0 Å². The van der Waals surface area contributed by atoms with Gasteiger partial charge < -0.3 is 29.5 Å². The second kappa shape index (κ2) is 11.7. The van der Waals surface area contributed by atoms with Gasteiger partial charge in [0.1, 0.15) is 24.2 Å². The first-order chi connectivity index (χ1) is 16.5. The van der Waals surface area contributed by atoms with Crippen LogP contribution in [0.2, 0.25) is 0 Å². The Morgan fingerprint density at radius 2 is 2.09 bits per heavy atom. The molecule has 184 valence electrons. The van der Waals surface area contributed by atoms with Gasteiger partial charge in [0, 0.05) is 49.7 Å². The van der Waals surface area contributed by atoms with E-state index in [9.17, 15) is 9.90 Å². The lowest BCUT2D eigenvalue weighted by atomic mass is 9.98. The van der Waals surface area contributed by atoms with Crippen molar-refractivity contribution in [2.45, 2.75) is 25.9 Å². The molecule has 2 aliphatic rings. The van der Waals surface area contributed by atoms with Crippen LogP contribution >= 0.6 is 0 Å². The molecule has 2 fully saturated rings. The zero-order chi connectivity index (χ0) is 23.9. The number of morpholine rings is 1. The van der Waals surface area contributed by atoms with Crippen molar-refractivity contribution < 1.29 is 24.1 Å². The summed E-state index contributed by atoms with van der Waals surface area (Å²) in [6, 6.07) is 7.46. The maximum atomic E-state index is 13.4. The van der Waals surface area contributed by atoms with E-state index < -0.39 is 6.10 Å². The smallest absolute Gasteiger partial charge is 0.273 e. The molecule has 9 nitrogen and oxygen atoms in total. The topological polar surface area (TPSA) is 106 Å². The van der Waals surface area contributed by atoms with E-state index in [1.54, 1.807) is 11.9 Å². The fourth-order valence-corrected chi connectivity index (χ4v) is 4.25. The minimum atomic E-state index is -0.609. The molecule has 34 heavy (non-hydrogen) atoms. The lowest BCUT2D eigenvalue weighted by Crippen LogP contribution is -2.41. The van der Waals surface area contributed by atoms with Gasteiger partial charge in [-0.1, -0.05) is 12.1 Å². The van der Waals surface area contributed by atoms with E-state index in [1.807, 2.05) is 31.2 Å². The molecule has 4 rings (SSSR count). The van der Waals surface area contributed by atoms with Crippen LogP contribution in [0.15, 0.2) is 24.3 Å². The largest absolute Gasteiger partial charge is 0.491 e. The number of rotatable bonds is 9. The SMILES string of the molecule is CNCC(O)COc1cccc(-c2nc(CC3CCOC3)c(C)c(C(=O)N3CCOCC3)n2)c1. The highest BCUT2D eigenvalue weighted by Gasteiger charge is 2.26. The summed E-state index contributed by atoms with van der Waals surface area (Å²) in [6.07, 6.45) is 1.13. The zero-order valence-electron chi connectivity index (χ0n) is 20.0. The maximum Gasteiger partial charge on any atom is 0.273 e. The first kappa shape index (κ1) is 24.5. The number of likely N-dealkylation sites (N-methyl/N-ethyl adjacent to an activating group) is 1. The van der Waals surface area contributed by atoms with Gasteiger partial charge in [-0.2, -0.15) is 0 Å². The Balaban J connectivity index is 1.64. The third-order valence-electron chi connectivity index (χ3n) is 6.23. The third-order valence-corrected chi connectivity index (χ3v) is 6.23. The van der Waals surface area contributed by atoms with Gasteiger partial charge in [-0.3, -0.25) is 4.79 Å². The number of amides is 1. The summed E-state index contributed by atoms with van der Waals surface area (Å²) < 4.78 is 16.7. The summed E-state index contributed by atoms with van der Waals surface area (Å²) >= 11 is 0. The van der Waals surface area contributed by atoms with Crippen LogP contribution in [-0.4, -0.2) is 91.7 Å². The van der Waals surface area contributed by atoms with E-state index in [0.717, 1.165) is 36.3 Å². The summed E-state index contributed by atoms with van der Waals surface area (Å²) in [7, 11) is 1.78. The molecule has 2 aromatic rings. The lowest BCUT2D eigenvalue weighted by Gasteiger charge is -2.27. The molecule has 0 aliphatic carbocycles. The van der Waals surface area contributed by atoms with E-state index in [1.165, 1.54) is 0 Å². The summed E-state index contributed by atoms with van der Waals surface area (Å²) in [5, 5.41) is 12.9. The molecule has 0 spiro atoms. The van der Waals surface area contributed by atoms with Crippen LogP contribution in [0.4, 0.5) is 0 Å². The Bertz CT molecular complexity index is 974. The summed E-state index contributed by atoms with van der Waals surface area (Å²) in [4.78, 5) is 24.8. The molecule has 1 aromatic heterocycles. The number of nitrogens with one attached hydrogen (secondary N) is 1. The third kappa shape index (κ3) is 6.09. The molecule has 2 aliphatic heterocycles. The monoisotopic (exact) mass is 470 g/mol. The number of carbonyl (C=O) groups is 1. The first-order valence-corrected chi connectivity index (χ1v) is 11.9. The van der Waals surface area contributed by atoms with E-state index in [4.69, 9.17) is 24.2 Å². The molecule has 3 heterocycles. The summed E-state index contributed by atoms with van der Waals surface area (Å²) in [6.45, 7) is 6.22. The molecular formula is C25H34N4O5. The summed E-state index contributed by atoms with van der Waals surface area (Å²) in [5.74, 6) is 1.41. The number of ether oxygens (including phenoxy) is 3. The minimum Gasteiger partial charge on any atom is -0.491 e. The number of nitrogens with zero attached hydrogens (tertiary/aromatic N) is 3. The Labute approximate surface area is 200 Å². The van der Waals surface area contributed by atoms with Gasteiger partial charge in [0.05, 0.1) is 13.2 Å². The summed E-state index contributed by atoms with van der Waals surface area (Å²) in [5.41, 5.74) is 2.92. The lowest BCUT2D eigenvalue weighted by molar-refractivity contribution is 0.0298. The van der Waals surface area contributed by atoms with E-state index in [0.29, 0.717) is 62.6 Å². The number of hydrogen-bond acceptors (Lipinski definition) is 8. The quantitative estimate of drug-likeness (QED) is 0.568. The molecular weight excluding hydrogens is 436 g/mol. The molecule has 2 atom stereocenters. The van der Waals surface area contributed by atoms with Crippen LogP contribution in [0.3, 0.4) is 0 Å². The molecule has 2 saturated heterocycles. The van der Waals surface area contributed by atoms with Gasteiger partial charge in [-0.15, -0.1) is 0 Å². The fourth-order valence-electron chi connectivity index (χ4n) is 4.25. The highest BCUT2D eigenvalue weighted by atomic mass is 16.5. The molecule has 9 heteroatoms. The standard InChI is InChI=1S/C25H34N4O5/c1-17-22(12-18-6-9-33-15-18)27-24(28-23(17)25(31)29-7-10-32-11-8-29)19-4-3-5-21(13-19)34-16-20(30)14-26-2/h3-5,13,18,20,26,30H,6-12,14-16H2,1-2H3. The highest BCUT2D eigenvalue weighted by Crippen LogP contribution is 2.27. The zero-order valence-corrected chi connectivity index (χ0v) is 20.0. The molecule has 1 amide bonds. The van der Waals surface area contributed by atoms with Crippen LogP contribution in [-0.2, 0) is 15.9 Å². The fraction of sp³-hybridized carbons (Fsp3) is 0.560. The van der Waals surface area contributed by atoms with Gasteiger partial charge in [0.15, 0.2) is 5.82 Å². The van der Waals surface area contributed by atoms with Crippen LogP contribution < -0.4 is 10.1 Å². The number of hydrogen-bond donors (Lipinski definition) is 2. The second-order valence-electron chi connectivity index (χ2n) is 8.86. The van der Waals surface area contributed by atoms with Gasteiger partial charge >= 0.3 is 0 Å². The molecule has 0 bridgehead atoms. The molecule has 2 N–H and O–H groups in total. The molecule has 1 aromatic carbocycles. The number of carbonyl (C=O) groups excluding carboxylic acids is 1. The van der Waals surface area contributed by atoms with Crippen molar-refractivity contribution in [1.82, 2.24) is 20.2 Å². The number of aromatic nitrogens is 2. The van der Waals surface area contributed by atoms with Gasteiger partial charge in [0.25, 0.3) is 5.91 Å². The van der Waals surface area contributed by atoms with E-state index in [-0.39, 0.29) is 12.5 Å². The average molecular weight is 471 g/mol. The minimum absolute atomic E-state index is 0.0871. The number of benzene rings is 1. The van der Waals surface area contributed by atoms with Crippen molar-refractivity contribution in [3.8, 4) is 17.1 Å². The van der Waals surface area contributed by atoms with E-state index in [2.05, 4.69) is 5.32 Å². The molecule has 0 saturated carbocycles. The van der Waals surface area contributed by atoms with Gasteiger partial charge in [-0.05, 0) is 44.9 Å².